The van der Waals surface area contributed by atoms with Crippen molar-refractivity contribution in [2.45, 2.75) is 43.9 Å². The molecule has 1 spiro atoms. The maximum Gasteiger partial charge on any atom is 0.252 e. The number of fused-ring (bicyclic) bond motifs is 2. The van der Waals surface area contributed by atoms with Gasteiger partial charge in [-0.2, -0.15) is 0 Å². The number of nitrogens with two attached hydrogens (primary N) is 1. The van der Waals surface area contributed by atoms with Crippen molar-refractivity contribution in [3.63, 3.8) is 0 Å². The van der Waals surface area contributed by atoms with E-state index in [1.165, 1.54) is 11.0 Å². The molecule has 5 aliphatic rings. The molecule has 5 N–H and O–H groups in total. The molecule has 0 radical (unpaired) electrons. The summed E-state index contributed by atoms with van der Waals surface area (Å²) in [7, 11) is 4.98. The van der Waals surface area contributed by atoms with Crippen LogP contribution in [0.15, 0.2) is 34.6 Å². The van der Waals surface area contributed by atoms with E-state index in [-0.39, 0.29) is 77.0 Å². The van der Waals surface area contributed by atoms with E-state index in [0.717, 1.165) is 12.8 Å². The number of halogens is 1. The Kier molecular flexibility index (Phi) is 5.90. The molecule has 1 heterocycles. The highest BCUT2D eigenvalue weighted by Crippen LogP contribution is 2.57. The van der Waals surface area contributed by atoms with Gasteiger partial charge in [0.15, 0.2) is 11.4 Å². The van der Waals surface area contributed by atoms with E-state index in [9.17, 15) is 29.7 Å². The molecule has 11 heteroatoms. The number of aliphatic hydroxyl groups is 2. The Morgan fingerprint density at radius 2 is 1.90 bits per heavy atom. The van der Waals surface area contributed by atoms with E-state index in [4.69, 9.17) is 10.5 Å². The van der Waals surface area contributed by atoms with Crippen LogP contribution >= 0.6 is 0 Å². The van der Waals surface area contributed by atoms with E-state index in [1.54, 1.807) is 32.1 Å². The second-order valence-electron chi connectivity index (χ2n) is 11.7. The summed E-state index contributed by atoms with van der Waals surface area (Å²) in [5.41, 5.74) is 3.96. The Morgan fingerprint density at radius 3 is 2.52 bits per heavy atom. The molecule has 1 aromatic rings. The van der Waals surface area contributed by atoms with Gasteiger partial charge in [0.05, 0.1) is 23.8 Å². The van der Waals surface area contributed by atoms with E-state index >= 15 is 4.39 Å². The number of carbonyl (C=O) groups excluding carboxylic acids is 3. The second kappa shape index (κ2) is 8.90. The molecule has 1 unspecified atom stereocenters. The normalized spacial score (nSPS) is 29.1. The first kappa shape index (κ1) is 26.5. The van der Waals surface area contributed by atoms with Crippen molar-refractivity contribution in [2.24, 2.45) is 23.5 Å². The van der Waals surface area contributed by atoms with Crippen LogP contribution < -0.4 is 5.73 Å². The Balaban J connectivity index is 1.47. The highest BCUT2D eigenvalue weighted by atomic mass is 19.1. The fourth-order valence-electron chi connectivity index (χ4n) is 7.28. The molecule has 10 nitrogen and oxygen atoms in total. The number of hydrogen-bond acceptors (Lipinski definition) is 8. The lowest BCUT2D eigenvalue weighted by Gasteiger charge is -2.52. The average molecular weight is 554 g/mol. The molecule has 2 fully saturated rings. The standard InChI is InChI=1S/C29H32FN3O7/c1-32(2)23-17-9-13-8-15-20(18(34)10-14(22(15)30)11-33(3)28(39)12-4-5-12)24(35)19(13)26(37)29(17)16(6-7-40-29)21(25(23)36)27(31)38/h6,10,12-13,17,23,34-36H,4-5,7-9,11H2,1-3H3,(H2,31,38)/t13-,17?,23-,29-/m0/s1. The van der Waals surface area contributed by atoms with Gasteiger partial charge in [0.2, 0.25) is 5.91 Å². The van der Waals surface area contributed by atoms with Gasteiger partial charge in [-0.25, -0.2) is 4.39 Å². The molecule has 40 heavy (non-hydrogen) atoms. The number of aliphatic hydroxyl groups excluding tert-OH is 2. The maximum absolute atomic E-state index is 15.9. The summed E-state index contributed by atoms with van der Waals surface area (Å²) < 4.78 is 22.0. The first-order valence-electron chi connectivity index (χ1n) is 13.4. The summed E-state index contributed by atoms with van der Waals surface area (Å²) in [5.74, 6) is -4.80. The smallest absolute Gasteiger partial charge is 0.252 e. The minimum Gasteiger partial charge on any atom is -0.510 e. The molecule has 2 amide bonds. The fourth-order valence-corrected chi connectivity index (χ4v) is 7.28. The lowest BCUT2D eigenvalue weighted by atomic mass is 9.56. The van der Waals surface area contributed by atoms with E-state index < -0.39 is 52.5 Å². The number of ether oxygens (including phenoxy) is 1. The topological polar surface area (TPSA) is 154 Å². The monoisotopic (exact) mass is 553 g/mol. The molecule has 4 aliphatic carbocycles. The molecule has 1 aromatic carbocycles. The SMILES string of the molecule is CN(Cc1cc(O)c2c(c1F)C[C@H]1CC3[C@H](N(C)C)C(O)=C(C(N)=O)C4=CCO[C@@]43C(=O)C1=C2O)C(=O)C1CC1. The lowest BCUT2D eigenvalue weighted by Crippen LogP contribution is -2.63. The van der Waals surface area contributed by atoms with Gasteiger partial charge in [0.25, 0.3) is 5.91 Å². The Bertz CT molecular complexity index is 1470. The third-order valence-corrected chi connectivity index (χ3v) is 9.11. The number of nitrogens with zero attached hydrogens (tertiary/aromatic N) is 2. The second-order valence-corrected chi connectivity index (χ2v) is 11.7. The molecule has 0 aromatic heterocycles. The van der Waals surface area contributed by atoms with Crippen molar-refractivity contribution < 1.29 is 38.8 Å². The summed E-state index contributed by atoms with van der Waals surface area (Å²) >= 11 is 0. The third-order valence-electron chi connectivity index (χ3n) is 9.11. The zero-order chi connectivity index (χ0) is 28.8. The fraction of sp³-hybridized carbons (Fsp3) is 0.483. The van der Waals surface area contributed by atoms with Crippen molar-refractivity contribution >= 4 is 23.4 Å². The maximum atomic E-state index is 15.9. The number of phenols is 1. The Hall–Kier alpha value is -3.70. The van der Waals surface area contributed by atoms with Crippen LogP contribution in [0, 0.1) is 23.6 Å². The number of Topliss-reactive ketones (excluding diaryl/α,β-unsaturated/α-hetero) is 1. The summed E-state index contributed by atoms with van der Waals surface area (Å²) in [6.45, 7) is -0.0542. The van der Waals surface area contributed by atoms with Crippen molar-refractivity contribution in [1.29, 1.82) is 0 Å². The zero-order valence-electron chi connectivity index (χ0n) is 22.5. The van der Waals surface area contributed by atoms with E-state index in [2.05, 4.69) is 0 Å². The van der Waals surface area contributed by atoms with Gasteiger partial charge in [-0.15, -0.1) is 0 Å². The van der Waals surface area contributed by atoms with Gasteiger partial charge in [-0.1, -0.05) is 6.08 Å². The van der Waals surface area contributed by atoms with Crippen LogP contribution in [0.2, 0.25) is 0 Å². The average Bonchev–Trinajstić information content (AvgIpc) is 3.64. The number of rotatable bonds is 5. The van der Waals surface area contributed by atoms with Gasteiger partial charge in [0.1, 0.15) is 23.1 Å². The largest absolute Gasteiger partial charge is 0.510 e. The number of ketones is 1. The van der Waals surface area contributed by atoms with E-state index in [1.807, 2.05) is 0 Å². The Morgan fingerprint density at radius 1 is 1.20 bits per heavy atom. The molecule has 0 bridgehead atoms. The van der Waals surface area contributed by atoms with Crippen LogP contribution in [0.5, 0.6) is 5.75 Å². The molecule has 2 saturated carbocycles. The lowest BCUT2D eigenvalue weighted by molar-refractivity contribution is -0.148. The number of benzene rings is 1. The summed E-state index contributed by atoms with van der Waals surface area (Å²) in [4.78, 5) is 42.4. The van der Waals surface area contributed by atoms with Gasteiger partial charge in [-0.05, 0) is 51.8 Å². The molecule has 0 saturated heterocycles. The molecular formula is C29H32FN3O7. The molecular weight excluding hydrogens is 521 g/mol. The third kappa shape index (κ3) is 3.50. The van der Waals surface area contributed by atoms with Gasteiger partial charge >= 0.3 is 0 Å². The molecule has 4 atom stereocenters. The predicted octanol–water partition coefficient (Wildman–Crippen LogP) is 1.87. The molecule has 1 aliphatic heterocycles. The van der Waals surface area contributed by atoms with Crippen molar-refractivity contribution in [1.82, 2.24) is 9.80 Å². The van der Waals surface area contributed by atoms with Crippen molar-refractivity contribution in [3.8, 4) is 5.75 Å². The van der Waals surface area contributed by atoms with Gasteiger partial charge < -0.3 is 30.7 Å². The minimum absolute atomic E-state index is 0.00654. The quantitative estimate of drug-likeness (QED) is 0.431. The number of hydrogen-bond donors (Lipinski definition) is 4. The number of carbonyl (C=O) groups is 3. The minimum atomic E-state index is -1.68. The highest BCUT2D eigenvalue weighted by molar-refractivity contribution is 6.14. The van der Waals surface area contributed by atoms with Crippen molar-refractivity contribution in [2.75, 3.05) is 27.7 Å². The molecule has 6 rings (SSSR count). The van der Waals surface area contributed by atoms with E-state index in [0.29, 0.717) is 0 Å². The number of primary amides is 1. The van der Waals surface area contributed by atoms with Crippen LogP contribution in [-0.4, -0.2) is 82.1 Å². The summed E-state index contributed by atoms with van der Waals surface area (Å²) in [6, 6.07) is 0.376. The summed E-state index contributed by atoms with van der Waals surface area (Å²) in [6.07, 6.45) is 3.38. The highest BCUT2D eigenvalue weighted by Gasteiger charge is 2.65. The van der Waals surface area contributed by atoms with Crippen molar-refractivity contribution in [3.05, 3.63) is 57.1 Å². The summed E-state index contributed by atoms with van der Waals surface area (Å²) in [5, 5.41) is 33.5. The first-order chi connectivity index (χ1) is 18.9. The van der Waals surface area contributed by atoms with Gasteiger partial charge in [0, 0.05) is 47.7 Å². The zero-order valence-corrected chi connectivity index (χ0v) is 22.5. The van der Waals surface area contributed by atoms with Crippen LogP contribution in [0.3, 0.4) is 0 Å². The Labute approximate surface area is 230 Å². The number of likely N-dealkylation sites (N-methyl/N-ethyl adjacent to an activating group) is 1. The van der Waals surface area contributed by atoms with Crippen LogP contribution in [0.25, 0.3) is 5.76 Å². The van der Waals surface area contributed by atoms with Crippen LogP contribution in [0.4, 0.5) is 4.39 Å². The molecule has 212 valence electrons. The number of phenolic OH excluding ortho intramolecular Hbond substituents is 1. The number of aromatic hydroxyl groups is 1. The number of amides is 2. The van der Waals surface area contributed by atoms with Crippen LogP contribution in [0.1, 0.15) is 36.0 Å². The predicted molar refractivity (Wildman–Crippen MR) is 140 cm³/mol. The van der Waals surface area contributed by atoms with Crippen LogP contribution in [-0.2, 0) is 32.1 Å². The van der Waals surface area contributed by atoms with Gasteiger partial charge in [-0.3, -0.25) is 19.3 Å². The first-order valence-corrected chi connectivity index (χ1v) is 13.4.